The molecule has 0 bridgehead atoms. The highest BCUT2D eigenvalue weighted by molar-refractivity contribution is 7.18. The fraction of sp³-hybridized carbons (Fsp3) is 0.333. The smallest absolute Gasteiger partial charge is 0.348 e. The number of anilines is 1. The van der Waals surface area contributed by atoms with Gasteiger partial charge in [0.1, 0.15) is 4.88 Å². The molecule has 1 aromatic rings. The Balaban J connectivity index is 2.81. The van der Waals surface area contributed by atoms with E-state index in [4.69, 9.17) is 10.6 Å². The summed E-state index contributed by atoms with van der Waals surface area (Å²) in [6.45, 7) is 3.83. The Morgan fingerprint density at radius 2 is 2.25 bits per heavy atom. The molecule has 6 nitrogen and oxygen atoms in total. The molecule has 0 radical (unpaired) electrons. The van der Waals surface area contributed by atoms with Gasteiger partial charge in [0.25, 0.3) is 0 Å². The third-order valence-corrected chi connectivity index (χ3v) is 2.88. The number of carbonyl (C=O) groups excluding carboxylic acids is 2. The van der Waals surface area contributed by atoms with Crippen LogP contribution in [0, 0.1) is 6.92 Å². The van der Waals surface area contributed by atoms with Crippen molar-refractivity contribution in [2.24, 2.45) is 5.84 Å². The Bertz CT molecular complexity index is 403. The van der Waals surface area contributed by atoms with Crippen LogP contribution in [0.2, 0.25) is 0 Å². The molecule has 0 aliphatic carbocycles. The molecular formula is C9H13N3O3S. The first-order valence-corrected chi connectivity index (χ1v) is 5.45. The molecule has 7 heteroatoms. The topological polar surface area (TPSA) is 93.4 Å². The third kappa shape index (κ3) is 2.94. The van der Waals surface area contributed by atoms with E-state index in [0.29, 0.717) is 16.5 Å². The molecule has 1 rings (SSSR count). The van der Waals surface area contributed by atoms with Crippen molar-refractivity contribution < 1.29 is 14.3 Å². The van der Waals surface area contributed by atoms with Crippen LogP contribution in [0.25, 0.3) is 0 Å². The number of nitrogens with one attached hydrogen (secondary N) is 2. The predicted molar refractivity (Wildman–Crippen MR) is 61.4 cm³/mol. The summed E-state index contributed by atoms with van der Waals surface area (Å²) in [5, 5.41) is 3.03. The minimum absolute atomic E-state index is 0.322. The lowest BCUT2D eigenvalue weighted by Crippen LogP contribution is -2.34. The van der Waals surface area contributed by atoms with E-state index in [-0.39, 0.29) is 5.97 Å². The van der Waals surface area contributed by atoms with Crippen LogP contribution in [0.4, 0.5) is 9.80 Å². The van der Waals surface area contributed by atoms with Crippen LogP contribution in [0.3, 0.4) is 0 Å². The number of nitrogens with two attached hydrogens (primary N) is 1. The van der Waals surface area contributed by atoms with Crippen molar-refractivity contribution in [1.29, 1.82) is 0 Å². The Hall–Kier alpha value is -1.60. The molecule has 0 fully saturated rings. The molecule has 2 amide bonds. The number of urea groups is 1. The van der Waals surface area contributed by atoms with E-state index < -0.39 is 6.03 Å². The number of hydrogen-bond donors (Lipinski definition) is 3. The Labute approximate surface area is 96.7 Å². The van der Waals surface area contributed by atoms with Crippen LogP contribution in [0.5, 0.6) is 0 Å². The standard InChI is InChI=1S/C9H13N3O3S/c1-3-15-8(13)7-5(2)4-6(16-7)11-9(14)12-10/h4H,3,10H2,1-2H3,(H2,11,12,14). The van der Waals surface area contributed by atoms with Crippen LogP contribution in [-0.4, -0.2) is 18.6 Å². The van der Waals surface area contributed by atoms with Gasteiger partial charge in [-0.15, -0.1) is 11.3 Å². The summed E-state index contributed by atoms with van der Waals surface area (Å²) in [6, 6.07) is 1.16. The quantitative estimate of drug-likeness (QED) is 0.322. The fourth-order valence-electron chi connectivity index (χ4n) is 1.09. The number of rotatable bonds is 3. The molecule has 0 unspecified atom stereocenters. The lowest BCUT2D eigenvalue weighted by atomic mass is 10.3. The predicted octanol–water partition coefficient (Wildman–Crippen LogP) is 1.23. The molecule has 0 saturated heterocycles. The van der Waals surface area contributed by atoms with Gasteiger partial charge in [0.15, 0.2) is 0 Å². The molecule has 1 heterocycles. The minimum atomic E-state index is -0.531. The van der Waals surface area contributed by atoms with E-state index >= 15 is 0 Å². The summed E-state index contributed by atoms with van der Waals surface area (Å²) >= 11 is 1.15. The summed E-state index contributed by atoms with van der Waals surface area (Å²) < 4.78 is 4.87. The molecule has 0 saturated carbocycles. The van der Waals surface area contributed by atoms with Crippen molar-refractivity contribution in [1.82, 2.24) is 5.43 Å². The molecule has 0 aromatic carbocycles. The summed E-state index contributed by atoms with van der Waals surface area (Å²) in [6.07, 6.45) is 0. The number of hydrazine groups is 1. The first-order valence-electron chi connectivity index (χ1n) is 4.63. The zero-order valence-electron chi connectivity index (χ0n) is 8.99. The van der Waals surface area contributed by atoms with E-state index in [1.165, 1.54) is 0 Å². The maximum absolute atomic E-state index is 11.5. The molecule has 16 heavy (non-hydrogen) atoms. The number of aryl methyl sites for hydroxylation is 1. The van der Waals surface area contributed by atoms with Crippen molar-refractivity contribution in [3.05, 3.63) is 16.5 Å². The Morgan fingerprint density at radius 1 is 1.56 bits per heavy atom. The largest absolute Gasteiger partial charge is 0.462 e. The third-order valence-electron chi connectivity index (χ3n) is 1.75. The number of thiophene rings is 1. The SMILES string of the molecule is CCOC(=O)c1sc(NC(=O)NN)cc1C. The summed E-state index contributed by atoms with van der Waals surface area (Å²) in [5.41, 5.74) is 2.70. The van der Waals surface area contributed by atoms with Gasteiger partial charge in [-0.3, -0.25) is 10.7 Å². The second-order valence-corrected chi connectivity index (χ2v) is 3.99. The summed E-state index contributed by atoms with van der Waals surface area (Å²) in [7, 11) is 0. The van der Waals surface area contributed by atoms with Crippen LogP contribution >= 0.6 is 11.3 Å². The monoisotopic (exact) mass is 243 g/mol. The molecular weight excluding hydrogens is 230 g/mol. The Kier molecular flexibility index (Phi) is 4.27. The molecule has 0 spiro atoms. The van der Waals surface area contributed by atoms with E-state index in [9.17, 15) is 9.59 Å². The molecule has 0 aliphatic rings. The van der Waals surface area contributed by atoms with Crippen LogP contribution in [-0.2, 0) is 4.74 Å². The van der Waals surface area contributed by atoms with Crippen molar-refractivity contribution >= 4 is 28.3 Å². The van der Waals surface area contributed by atoms with Gasteiger partial charge in [-0.2, -0.15) is 0 Å². The van der Waals surface area contributed by atoms with Gasteiger partial charge in [0.2, 0.25) is 0 Å². The van der Waals surface area contributed by atoms with Crippen molar-refractivity contribution in [3.8, 4) is 0 Å². The van der Waals surface area contributed by atoms with Gasteiger partial charge in [-0.25, -0.2) is 15.4 Å². The van der Waals surface area contributed by atoms with Crippen molar-refractivity contribution in [3.63, 3.8) is 0 Å². The lowest BCUT2D eigenvalue weighted by molar-refractivity contribution is 0.0531. The molecule has 88 valence electrons. The lowest BCUT2D eigenvalue weighted by Gasteiger charge is -1.99. The summed E-state index contributed by atoms with van der Waals surface area (Å²) in [5.74, 6) is 4.54. The van der Waals surface area contributed by atoms with E-state index in [2.05, 4.69) is 5.32 Å². The first-order chi connectivity index (χ1) is 7.58. The number of ether oxygens (including phenoxy) is 1. The van der Waals surface area contributed by atoms with E-state index in [1.807, 2.05) is 5.43 Å². The second kappa shape index (κ2) is 5.47. The molecule has 0 atom stereocenters. The highest BCUT2D eigenvalue weighted by atomic mass is 32.1. The van der Waals surface area contributed by atoms with Crippen molar-refractivity contribution in [2.75, 3.05) is 11.9 Å². The fourth-order valence-corrected chi connectivity index (χ4v) is 2.05. The highest BCUT2D eigenvalue weighted by Gasteiger charge is 2.15. The maximum Gasteiger partial charge on any atom is 0.348 e. The molecule has 0 aliphatic heterocycles. The second-order valence-electron chi connectivity index (χ2n) is 2.94. The van der Waals surface area contributed by atoms with Crippen LogP contribution < -0.4 is 16.6 Å². The van der Waals surface area contributed by atoms with Gasteiger partial charge >= 0.3 is 12.0 Å². The van der Waals surface area contributed by atoms with Crippen LogP contribution in [0.15, 0.2) is 6.07 Å². The van der Waals surface area contributed by atoms with E-state index in [0.717, 1.165) is 16.9 Å². The zero-order valence-corrected chi connectivity index (χ0v) is 9.81. The first kappa shape index (κ1) is 12.5. The highest BCUT2D eigenvalue weighted by Crippen LogP contribution is 2.27. The minimum Gasteiger partial charge on any atom is -0.462 e. The van der Waals surface area contributed by atoms with E-state index in [1.54, 1.807) is 19.9 Å². The maximum atomic E-state index is 11.5. The average Bonchev–Trinajstić information content (AvgIpc) is 2.59. The van der Waals surface area contributed by atoms with Gasteiger partial charge in [-0.1, -0.05) is 0 Å². The normalized spacial score (nSPS) is 9.69. The van der Waals surface area contributed by atoms with Gasteiger partial charge in [0, 0.05) is 0 Å². The summed E-state index contributed by atoms with van der Waals surface area (Å²) in [4.78, 5) is 22.9. The molecule has 1 aromatic heterocycles. The zero-order chi connectivity index (χ0) is 12.1. The Morgan fingerprint density at radius 3 is 2.81 bits per heavy atom. The number of carbonyl (C=O) groups is 2. The van der Waals surface area contributed by atoms with Crippen molar-refractivity contribution in [2.45, 2.75) is 13.8 Å². The van der Waals surface area contributed by atoms with Gasteiger partial charge in [-0.05, 0) is 25.5 Å². The molecule has 4 N–H and O–H groups in total. The average molecular weight is 243 g/mol. The number of esters is 1. The van der Waals surface area contributed by atoms with Gasteiger partial charge in [0.05, 0.1) is 11.6 Å². The van der Waals surface area contributed by atoms with Gasteiger partial charge < -0.3 is 4.74 Å². The number of hydrogen-bond acceptors (Lipinski definition) is 5. The van der Waals surface area contributed by atoms with Crippen LogP contribution in [0.1, 0.15) is 22.2 Å². The number of amides is 2.